The van der Waals surface area contributed by atoms with Gasteiger partial charge in [0.05, 0.1) is 12.7 Å². The topological polar surface area (TPSA) is 92.1 Å². The Labute approximate surface area is 129 Å². The lowest BCUT2D eigenvalue weighted by atomic mass is 10.2. The van der Waals surface area contributed by atoms with Crippen molar-refractivity contribution in [1.82, 2.24) is 0 Å². The molecule has 9 heteroatoms. The second kappa shape index (κ2) is 8.35. The highest BCUT2D eigenvalue weighted by Gasteiger charge is 2.23. The van der Waals surface area contributed by atoms with Gasteiger partial charge in [-0.1, -0.05) is 13.3 Å². The first kappa shape index (κ1) is 17.9. The number of methoxy groups -OCH3 is 1. The van der Waals surface area contributed by atoms with E-state index in [2.05, 4.69) is 14.8 Å². The number of thioether (sulfide) groups is 1. The van der Waals surface area contributed by atoms with Gasteiger partial charge < -0.3 is 4.74 Å². The molecule has 0 radical (unpaired) electrons. The van der Waals surface area contributed by atoms with Crippen molar-refractivity contribution in [1.29, 1.82) is 0 Å². The number of benzene rings is 1. The zero-order valence-corrected chi connectivity index (χ0v) is 12.7. The Kier molecular flexibility index (Phi) is 6.81. The van der Waals surface area contributed by atoms with Gasteiger partial charge >= 0.3 is 5.97 Å². The first-order valence-electron chi connectivity index (χ1n) is 6.27. The Morgan fingerprint density at radius 2 is 2.09 bits per heavy atom. The molecular formula is C13H13F2N3O3S. The molecule has 0 saturated carbocycles. The summed E-state index contributed by atoms with van der Waals surface area (Å²) in [6.45, 7) is 1.84. The van der Waals surface area contributed by atoms with Crippen LogP contribution >= 0.6 is 11.8 Å². The summed E-state index contributed by atoms with van der Waals surface area (Å²) in [4.78, 5) is 25.3. The van der Waals surface area contributed by atoms with Crippen molar-refractivity contribution < 1.29 is 23.1 Å². The summed E-state index contributed by atoms with van der Waals surface area (Å²) in [6, 6.07) is 1.45. The average Bonchev–Trinajstić information content (AvgIpc) is 2.48. The summed E-state index contributed by atoms with van der Waals surface area (Å²) < 4.78 is 32.0. The second-order valence-electron chi connectivity index (χ2n) is 4.18. The second-order valence-corrected chi connectivity index (χ2v) is 5.42. The van der Waals surface area contributed by atoms with Crippen LogP contribution in [0.15, 0.2) is 22.1 Å². The van der Waals surface area contributed by atoms with Gasteiger partial charge in [0.25, 0.3) is 5.91 Å². The molecule has 6 nitrogen and oxygen atoms in total. The molecule has 0 aromatic heterocycles. The number of carbonyl (C=O) groups excluding carboxylic acids is 2. The third-order valence-corrected chi connectivity index (χ3v) is 3.95. The highest BCUT2D eigenvalue weighted by atomic mass is 32.2. The highest BCUT2D eigenvalue weighted by Crippen LogP contribution is 2.31. The zero-order valence-electron chi connectivity index (χ0n) is 11.9. The Hall–Kier alpha value is -2.12. The van der Waals surface area contributed by atoms with Crippen LogP contribution in [0.5, 0.6) is 0 Å². The van der Waals surface area contributed by atoms with Gasteiger partial charge in [-0.15, -0.1) is 11.8 Å². The fourth-order valence-corrected chi connectivity index (χ4v) is 2.86. The van der Waals surface area contributed by atoms with Gasteiger partial charge in [-0.25, -0.2) is 8.78 Å². The van der Waals surface area contributed by atoms with Crippen molar-refractivity contribution in [3.05, 3.63) is 39.8 Å². The van der Waals surface area contributed by atoms with E-state index in [9.17, 15) is 18.4 Å². The molecule has 0 N–H and O–H groups in total. The normalized spacial score (nSPS) is 11.5. The molecule has 1 unspecified atom stereocenters. The smallest absolute Gasteiger partial charge is 0.319 e. The fourth-order valence-electron chi connectivity index (χ4n) is 1.65. The SMILES string of the molecule is CCCC(Sc1cc(C(=O)N=[N+]=[N-])c(F)cc1F)C(=O)OC. The lowest BCUT2D eigenvalue weighted by Crippen LogP contribution is -2.18. The molecule has 0 aliphatic carbocycles. The van der Waals surface area contributed by atoms with Crippen LogP contribution in [0.25, 0.3) is 10.4 Å². The summed E-state index contributed by atoms with van der Waals surface area (Å²) in [5.41, 5.74) is 7.65. The Bertz CT molecular complexity index is 633. The third kappa shape index (κ3) is 4.44. The van der Waals surface area contributed by atoms with Crippen LogP contribution in [-0.4, -0.2) is 24.2 Å². The van der Waals surface area contributed by atoms with Crippen molar-refractivity contribution in [2.24, 2.45) is 5.11 Å². The molecule has 0 aliphatic rings. The summed E-state index contributed by atoms with van der Waals surface area (Å²) in [7, 11) is 1.21. The van der Waals surface area contributed by atoms with E-state index in [1.807, 2.05) is 6.92 Å². The predicted molar refractivity (Wildman–Crippen MR) is 76.4 cm³/mol. The molecule has 1 atom stereocenters. The Morgan fingerprint density at radius 3 is 2.64 bits per heavy atom. The number of carbonyl (C=O) groups is 2. The van der Waals surface area contributed by atoms with Crippen LogP contribution in [0.2, 0.25) is 0 Å². The molecule has 1 amide bonds. The van der Waals surface area contributed by atoms with Crippen LogP contribution in [-0.2, 0) is 9.53 Å². The minimum absolute atomic E-state index is 0.0956. The van der Waals surface area contributed by atoms with Crippen LogP contribution in [0.4, 0.5) is 8.78 Å². The number of nitrogens with zero attached hydrogens (tertiary/aromatic N) is 3. The van der Waals surface area contributed by atoms with Crippen molar-refractivity contribution in [2.75, 3.05) is 7.11 Å². The number of rotatable bonds is 6. The summed E-state index contributed by atoms with van der Waals surface area (Å²) >= 11 is 0.828. The lowest BCUT2D eigenvalue weighted by molar-refractivity contribution is -0.140. The lowest BCUT2D eigenvalue weighted by Gasteiger charge is -2.14. The molecule has 0 spiro atoms. The highest BCUT2D eigenvalue weighted by molar-refractivity contribution is 8.00. The molecule has 1 aromatic rings. The maximum absolute atomic E-state index is 13.8. The standard InChI is InChI=1S/C13H13F2N3O3S/c1-3-4-10(13(20)21-2)22-11-5-7(12(19)17-18-16)8(14)6-9(11)15/h5-6,10H,3-4H2,1-2H3. The summed E-state index contributed by atoms with van der Waals surface area (Å²) in [5, 5.41) is 2.09. The van der Waals surface area contributed by atoms with Crippen molar-refractivity contribution >= 4 is 23.6 Å². The summed E-state index contributed by atoms with van der Waals surface area (Å²) in [5.74, 6) is -3.75. The molecule has 0 fully saturated rings. The van der Waals surface area contributed by atoms with E-state index >= 15 is 0 Å². The van der Waals surface area contributed by atoms with Gasteiger partial charge in [0.2, 0.25) is 0 Å². The Morgan fingerprint density at radius 1 is 1.41 bits per heavy atom. The van der Waals surface area contributed by atoms with E-state index in [-0.39, 0.29) is 4.90 Å². The molecule has 0 saturated heterocycles. The van der Waals surface area contributed by atoms with Crippen LogP contribution in [0.1, 0.15) is 30.1 Å². The van der Waals surface area contributed by atoms with E-state index in [0.717, 1.165) is 17.8 Å². The molecule has 0 aliphatic heterocycles. The molecule has 0 bridgehead atoms. The quantitative estimate of drug-likeness (QED) is 0.260. The first-order chi connectivity index (χ1) is 10.4. The summed E-state index contributed by atoms with van der Waals surface area (Å²) in [6.07, 6.45) is 1.08. The number of halogens is 2. The molecule has 1 aromatic carbocycles. The maximum Gasteiger partial charge on any atom is 0.319 e. The third-order valence-electron chi connectivity index (χ3n) is 2.67. The van der Waals surface area contributed by atoms with Gasteiger partial charge in [-0.05, 0) is 23.1 Å². The maximum atomic E-state index is 13.8. The van der Waals surface area contributed by atoms with Gasteiger partial charge in [0.15, 0.2) is 0 Å². The largest absolute Gasteiger partial charge is 0.468 e. The van der Waals surface area contributed by atoms with E-state index in [1.165, 1.54) is 7.11 Å². The van der Waals surface area contributed by atoms with Gasteiger partial charge in [-0.3, -0.25) is 9.59 Å². The van der Waals surface area contributed by atoms with Gasteiger partial charge in [0.1, 0.15) is 16.9 Å². The van der Waals surface area contributed by atoms with Crippen molar-refractivity contribution in [3.63, 3.8) is 0 Å². The first-order valence-corrected chi connectivity index (χ1v) is 7.15. The monoisotopic (exact) mass is 329 g/mol. The number of amides is 1. The number of esters is 1. The average molecular weight is 329 g/mol. The van der Waals surface area contributed by atoms with E-state index in [4.69, 9.17) is 5.53 Å². The number of hydrogen-bond acceptors (Lipinski definition) is 4. The number of hydrogen-bond donors (Lipinski definition) is 0. The number of azide groups is 1. The molecule has 1 rings (SSSR count). The van der Waals surface area contributed by atoms with E-state index in [0.29, 0.717) is 18.9 Å². The Balaban J connectivity index is 3.17. The van der Waals surface area contributed by atoms with Crippen molar-refractivity contribution in [3.8, 4) is 0 Å². The molecular weight excluding hydrogens is 316 g/mol. The molecule has 118 valence electrons. The predicted octanol–water partition coefficient (Wildman–Crippen LogP) is 3.85. The van der Waals surface area contributed by atoms with E-state index in [1.54, 1.807) is 0 Å². The fraction of sp³-hybridized carbons (Fsp3) is 0.385. The van der Waals surface area contributed by atoms with Gasteiger partial charge in [-0.2, -0.15) is 0 Å². The molecule has 22 heavy (non-hydrogen) atoms. The van der Waals surface area contributed by atoms with Gasteiger partial charge in [0, 0.05) is 15.9 Å². The zero-order chi connectivity index (χ0) is 16.7. The van der Waals surface area contributed by atoms with Crippen LogP contribution < -0.4 is 0 Å². The van der Waals surface area contributed by atoms with E-state index < -0.39 is 34.3 Å². The minimum Gasteiger partial charge on any atom is -0.468 e. The minimum atomic E-state index is -1.16. The van der Waals surface area contributed by atoms with Crippen LogP contribution in [0.3, 0.4) is 0 Å². The number of ether oxygens (including phenoxy) is 1. The molecule has 0 heterocycles. The van der Waals surface area contributed by atoms with Crippen LogP contribution in [0, 0.1) is 11.6 Å². The van der Waals surface area contributed by atoms with Crippen molar-refractivity contribution in [2.45, 2.75) is 29.9 Å².